The number of hydrogen-bond acceptors (Lipinski definition) is 4. The van der Waals surface area contributed by atoms with Crippen LogP contribution in [0.15, 0.2) is 67.3 Å². The maximum absolute atomic E-state index is 11.9. The quantitative estimate of drug-likeness (QED) is 0.731. The van der Waals surface area contributed by atoms with Crippen molar-refractivity contribution in [3.8, 4) is 11.8 Å². The number of carbonyl (C=O) groups is 1. The van der Waals surface area contributed by atoms with Crippen molar-refractivity contribution in [2.75, 3.05) is 11.9 Å². The van der Waals surface area contributed by atoms with E-state index in [0.717, 1.165) is 6.54 Å². The number of urea groups is 1. The fraction of sp³-hybridized carbons (Fsp3) is 0.118. The number of aromatic nitrogens is 3. The van der Waals surface area contributed by atoms with Crippen LogP contribution >= 0.6 is 0 Å². The van der Waals surface area contributed by atoms with Crippen molar-refractivity contribution >= 4 is 11.7 Å². The molecule has 0 aliphatic rings. The monoisotopic (exact) mass is 323 g/mol. The molecule has 2 aromatic heterocycles. The summed E-state index contributed by atoms with van der Waals surface area (Å²) in [4.78, 5) is 19.9. The summed E-state index contributed by atoms with van der Waals surface area (Å²) in [7, 11) is 0. The third-order valence-electron chi connectivity index (χ3n) is 3.16. The van der Waals surface area contributed by atoms with E-state index in [9.17, 15) is 4.79 Å². The number of anilines is 1. The van der Waals surface area contributed by atoms with Crippen LogP contribution in [0.4, 0.5) is 10.5 Å². The largest absolute Gasteiger partial charge is 0.424 e. The fourth-order valence-corrected chi connectivity index (χ4v) is 2.07. The summed E-state index contributed by atoms with van der Waals surface area (Å²) in [6.45, 7) is 1.25. The fourth-order valence-electron chi connectivity index (χ4n) is 2.07. The van der Waals surface area contributed by atoms with Crippen molar-refractivity contribution in [1.29, 1.82) is 0 Å². The Morgan fingerprint density at radius 1 is 1.08 bits per heavy atom. The molecule has 7 nitrogen and oxygen atoms in total. The first-order chi connectivity index (χ1) is 11.8. The second kappa shape index (κ2) is 7.77. The number of benzene rings is 1. The molecular weight excluding hydrogens is 306 g/mol. The van der Waals surface area contributed by atoms with E-state index in [1.807, 2.05) is 29.1 Å². The lowest BCUT2D eigenvalue weighted by atomic mass is 10.3. The molecule has 0 saturated carbocycles. The van der Waals surface area contributed by atoms with Gasteiger partial charge >= 0.3 is 12.0 Å². The number of rotatable bonds is 6. The number of nitrogens with one attached hydrogen (secondary N) is 2. The third kappa shape index (κ3) is 4.57. The van der Waals surface area contributed by atoms with Gasteiger partial charge in [0.1, 0.15) is 5.75 Å². The van der Waals surface area contributed by atoms with Gasteiger partial charge in [-0.25, -0.2) is 14.8 Å². The lowest BCUT2D eigenvalue weighted by Gasteiger charge is -2.09. The molecule has 3 rings (SSSR count). The van der Waals surface area contributed by atoms with E-state index in [2.05, 4.69) is 20.6 Å². The van der Waals surface area contributed by atoms with Crippen LogP contribution in [0.3, 0.4) is 0 Å². The van der Waals surface area contributed by atoms with E-state index in [0.29, 0.717) is 18.0 Å². The van der Waals surface area contributed by atoms with Gasteiger partial charge in [0, 0.05) is 49.6 Å². The molecule has 0 aliphatic carbocycles. The summed E-state index contributed by atoms with van der Waals surface area (Å²) in [6.07, 6.45) is 7.10. The molecule has 0 saturated heterocycles. The summed E-state index contributed by atoms with van der Waals surface area (Å²) in [5.74, 6) is 0.548. The lowest BCUT2D eigenvalue weighted by Crippen LogP contribution is -2.31. The zero-order valence-electron chi connectivity index (χ0n) is 12.9. The van der Waals surface area contributed by atoms with Crippen molar-refractivity contribution in [1.82, 2.24) is 19.9 Å². The summed E-state index contributed by atoms with van der Waals surface area (Å²) in [6, 6.07) is 12.6. The van der Waals surface area contributed by atoms with Crippen LogP contribution in [-0.2, 0) is 6.54 Å². The van der Waals surface area contributed by atoms with Crippen LogP contribution in [0.25, 0.3) is 0 Å². The molecule has 7 heteroatoms. The SMILES string of the molecule is O=C(NCCn1cccc1)Nc1cccc(Oc2ncccn2)c1. The molecule has 0 radical (unpaired) electrons. The first-order valence-electron chi connectivity index (χ1n) is 7.50. The first-order valence-corrected chi connectivity index (χ1v) is 7.50. The van der Waals surface area contributed by atoms with Gasteiger partial charge in [0.2, 0.25) is 0 Å². The van der Waals surface area contributed by atoms with Gasteiger partial charge in [-0.1, -0.05) is 6.07 Å². The van der Waals surface area contributed by atoms with Gasteiger partial charge in [0.25, 0.3) is 0 Å². The van der Waals surface area contributed by atoms with Crippen molar-refractivity contribution in [3.63, 3.8) is 0 Å². The molecule has 0 bridgehead atoms. The summed E-state index contributed by atoms with van der Waals surface area (Å²) < 4.78 is 7.53. The highest BCUT2D eigenvalue weighted by Crippen LogP contribution is 2.21. The smallest absolute Gasteiger partial charge is 0.321 e. The van der Waals surface area contributed by atoms with Crippen LogP contribution in [0, 0.1) is 0 Å². The Labute approximate surface area is 139 Å². The highest BCUT2D eigenvalue weighted by atomic mass is 16.5. The van der Waals surface area contributed by atoms with Crippen LogP contribution in [0.2, 0.25) is 0 Å². The summed E-state index contributed by atoms with van der Waals surface area (Å²) >= 11 is 0. The topological polar surface area (TPSA) is 81.1 Å². The van der Waals surface area contributed by atoms with Crippen LogP contribution in [0.1, 0.15) is 0 Å². The minimum absolute atomic E-state index is 0.255. The lowest BCUT2D eigenvalue weighted by molar-refractivity contribution is 0.251. The van der Waals surface area contributed by atoms with E-state index in [1.165, 1.54) is 0 Å². The third-order valence-corrected chi connectivity index (χ3v) is 3.16. The first kappa shape index (κ1) is 15.5. The van der Waals surface area contributed by atoms with E-state index < -0.39 is 0 Å². The maximum Gasteiger partial charge on any atom is 0.321 e. The highest BCUT2D eigenvalue weighted by molar-refractivity contribution is 5.89. The number of carbonyl (C=O) groups excluding carboxylic acids is 1. The molecule has 0 atom stereocenters. The summed E-state index contributed by atoms with van der Waals surface area (Å²) in [5, 5.41) is 5.57. The number of hydrogen-bond donors (Lipinski definition) is 2. The van der Waals surface area contributed by atoms with Crippen LogP contribution < -0.4 is 15.4 Å². The molecule has 122 valence electrons. The zero-order valence-corrected chi connectivity index (χ0v) is 12.9. The van der Waals surface area contributed by atoms with Gasteiger partial charge in [0.05, 0.1) is 0 Å². The average Bonchev–Trinajstić information content (AvgIpc) is 3.09. The van der Waals surface area contributed by atoms with Gasteiger partial charge in [-0.2, -0.15) is 0 Å². The summed E-state index contributed by atoms with van der Waals surface area (Å²) in [5.41, 5.74) is 0.627. The molecule has 2 N–H and O–H groups in total. The van der Waals surface area contributed by atoms with Crippen LogP contribution in [0.5, 0.6) is 11.8 Å². The molecular formula is C17H17N5O2. The van der Waals surface area contributed by atoms with Gasteiger partial charge in [-0.05, 0) is 30.3 Å². The highest BCUT2D eigenvalue weighted by Gasteiger charge is 2.04. The Bertz CT molecular complexity index is 775. The van der Waals surface area contributed by atoms with E-state index in [4.69, 9.17) is 4.74 Å². The Morgan fingerprint density at radius 2 is 1.88 bits per heavy atom. The molecule has 0 spiro atoms. The predicted octanol–water partition coefficient (Wildman–Crippen LogP) is 2.89. The normalized spacial score (nSPS) is 10.2. The van der Waals surface area contributed by atoms with E-state index >= 15 is 0 Å². The van der Waals surface area contributed by atoms with E-state index in [-0.39, 0.29) is 12.0 Å². The van der Waals surface area contributed by atoms with Gasteiger partial charge in [0.15, 0.2) is 0 Å². The minimum atomic E-state index is -0.268. The molecule has 2 heterocycles. The number of amides is 2. The van der Waals surface area contributed by atoms with Gasteiger partial charge in [-0.3, -0.25) is 0 Å². The minimum Gasteiger partial charge on any atom is -0.424 e. The van der Waals surface area contributed by atoms with E-state index in [1.54, 1.807) is 42.7 Å². The maximum atomic E-state index is 11.9. The Hall–Kier alpha value is -3.35. The number of nitrogens with zero attached hydrogens (tertiary/aromatic N) is 3. The molecule has 3 aromatic rings. The van der Waals surface area contributed by atoms with Crippen molar-refractivity contribution in [2.45, 2.75) is 6.54 Å². The second-order valence-electron chi connectivity index (χ2n) is 4.96. The van der Waals surface area contributed by atoms with Crippen molar-refractivity contribution < 1.29 is 9.53 Å². The average molecular weight is 323 g/mol. The second-order valence-corrected chi connectivity index (χ2v) is 4.96. The molecule has 0 unspecified atom stereocenters. The van der Waals surface area contributed by atoms with Gasteiger partial charge < -0.3 is 19.9 Å². The van der Waals surface area contributed by atoms with Gasteiger partial charge in [-0.15, -0.1) is 0 Å². The predicted molar refractivity (Wildman–Crippen MR) is 90.0 cm³/mol. The van der Waals surface area contributed by atoms with Crippen LogP contribution in [-0.4, -0.2) is 27.1 Å². The Kier molecular flexibility index (Phi) is 5.03. The molecule has 1 aromatic carbocycles. The molecule has 24 heavy (non-hydrogen) atoms. The number of ether oxygens (including phenoxy) is 1. The molecule has 0 aliphatic heterocycles. The molecule has 2 amide bonds. The Balaban J connectivity index is 1.51. The van der Waals surface area contributed by atoms with Crippen molar-refractivity contribution in [3.05, 3.63) is 67.3 Å². The standard InChI is InChI=1S/C17H17N5O2/c23-16(18-9-12-22-10-1-2-11-22)21-14-5-3-6-15(13-14)24-17-19-7-4-8-20-17/h1-8,10-11,13H,9,12H2,(H2,18,21,23). The zero-order chi connectivity index (χ0) is 16.6. The molecule has 0 fully saturated rings. The van der Waals surface area contributed by atoms with Crippen molar-refractivity contribution in [2.24, 2.45) is 0 Å². The Morgan fingerprint density at radius 3 is 2.67 bits per heavy atom.